The van der Waals surface area contributed by atoms with Gasteiger partial charge in [0.1, 0.15) is 23.5 Å². The van der Waals surface area contributed by atoms with Crippen LogP contribution in [0.5, 0.6) is 5.75 Å². The smallest absolute Gasteiger partial charge is 0.253 e. The Bertz CT molecular complexity index is 1050. The van der Waals surface area contributed by atoms with E-state index in [1.807, 2.05) is 32.2 Å². The number of ether oxygens (including phenoxy) is 1. The molecule has 1 aromatic carbocycles. The molecule has 3 heterocycles. The Kier molecular flexibility index (Phi) is 4.23. The van der Waals surface area contributed by atoms with E-state index in [0.717, 1.165) is 16.8 Å². The molecule has 1 aliphatic rings. The van der Waals surface area contributed by atoms with Crippen LogP contribution in [0.4, 0.5) is 11.5 Å². The molecule has 0 saturated heterocycles. The molecule has 1 amide bonds. The van der Waals surface area contributed by atoms with Gasteiger partial charge < -0.3 is 20.4 Å². The van der Waals surface area contributed by atoms with Crippen LogP contribution < -0.4 is 15.4 Å². The maximum atomic E-state index is 12.6. The fourth-order valence-corrected chi connectivity index (χ4v) is 3.11. The molecule has 0 fully saturated rings. The van der Waals surface area contributed by atoms with E-state index in [2.05, 4.69) is 30.6 Å². The fraction of sp³-hybridized carbons (Fsp3) is 0.263. The third-order valence-electron chi connectivity index (χ3n) is 4.34. The van der Waals surface area contributed by atoms with Gasteiger partial charge in [-0.15, -0.1) is 0 Å². The number of carbonyl (C=O) groups is 1. The first-order valence-electron chi connectivity index (χ1n) is 8.67. The number of H-pyrrole nitrogens is 1. The van der Waals surface area contributed by atoms with Gasteiger partial charge in [0.15, 0.2) is 0 Å². The van der Waals surface area contributed by atoms with Gasteiger partial charge in [0.25, 0.3) is 5.91 Å². The highest BCUT2D eigenvalue weighted by Gasteiger charge is 2.19. The molecule has 0 spiro atoms. The highest BCUT2D eigenvalue weighted by Crippen LogP contribution is 2.34. The third-order valence-corrected chi connectivity index (χ3v) is 4.34. The molecule has 0 unspecified atom stereocenters. The number of methoxy groups -OCH3 is 1. The first kappa shape index (κ1) is 17.0. The number of nitrogens with zero attached hydrogens (tertiary/aromatic N) is 3. The zero-order valence-corrected chi connectivity index (χ0v) is 15.3. The quantitative estimate of drug-likeness (QED) is 0.646. The summed E-state index contributed by atoms with van der Waals surface area (Å²) >= 11 is 0. The second kappa shape index (κ2) is 6.71. The molecule has 27 heavy (non-hydrogen) atoms. The number of aromatic amines is 1. The van der Waals surface area contributed by atoms with Crippen LogP contribution in [0.1, 0.15) is 35.3 Å². The van der Waals surface area contributed by atoms with Crippen molar-refractivity contribution < 1.29 is 9.53 Å². The zero-order valence-electron chi connectivity index (χ0n) is 15.3. The molecule has 0 atom stereocenters. The van der Waals surface area contributed by atoms with E-state index < -0.39 is 0 Å². The van der Waals surface area contributed by atoms with Crippen molar-refractivity contribution in [2.24, 2.45) is 4.99 Å². The minimum Gasteiger partial charge on any atom is -0.495 e. The maximum Gasteiger partial charge on any atom is 0.253 e. The molecular weight excluding hydrogens is 344 g/mol. The second-order valence-corrected chi connectivity index (χ2v) is 6.62. The summed E-state index contributed by atoms with van der Waals surface area (Å²) in [5.41, 5.74) is 3.98. The maximum absolute atomic E-state index is 12.6. The van der Waals surface area contributed by atoms with Crippen molar-refractivity contribution in [2.75, 3.05) is 12.4 Å². The molecule has 8 heteroatoms. The molecular formula is C19H20N6O2. The van der Waals surface area contributed by atoms with Crippen molar-refractivity contribution in [3.05, 3.63) is 41.3 Å². The lowest BCUT2D eigenvalue weighted by molar-refractivity contribution is 0.0945. The summed E-state index contributed by atoms with van der Waals surface area (Å²) in [5, 5.41) is 6.83. The van der Waals surface area contributed by atoms with Crippen LogP contribution in [0.15, 0.2) is 29.6 Å². The lowest BCUT2D eigenvalue weighted by atomic mass is 10.1. The fourth-order valence-electron chi connectivity index (χ4n) is 3.11. The Hall–Kier alpha value is -3.42. The first-order valence-corrected chi connectivity index (χ1v) is 8.67. The van der Waals surface area contributed by atoms with Crippen LogP contribution in [-0.4, -0.2) is 40.2 Å². The molecule has 3 aromatic rings. The van der Waals surface area contributed by atoms with E-state index >= 15 is 0 Å². The summed E-state index contributed by atoms with van der Waals surface area (Å²) in [6.45, 7) is 4.49. The minimum atomic E-state index is -0.179. The molecule has 0 radical (unpaired) electrons. The SMILES string of the molecule is COc1cc2c(cc1Nc1ncnc3[nH]cc(C(=O)NC(C)C)c13)C=NC2. The van der Waals surface area contributed by atoms with Crippen molar-refractivity contribution in [1.29, 1.82) is 0 Å². The summed E-state index contributed by atoms with van der Waals surface area (Å²) < 4.78 is 5.52. The summed E-state index contributed by atoms with van der Waals surface area (Å²) in [6, 6.07) is 3.96. The van der Waals surface area contributed by atoms with E-state index in [-0.39, 0.29) is 11.9 Å². The second-order valence-electron chi connectivity index (χ2n) is 6.62. The van der Waals surface area contributed by atoms with Crippen LogP contribution in [0, 0.1) is 0 Å². The minimum absolute atomic E-state index is 0.0274. The molecule has 138 valence electrons. The van der Waals surface area contributed by atoms with Gasteiger partial charge >= 0.3 is 0 Å². The van der Waals surface area contributed by atoms with Gasteiger partial charge in [-0.25, -0.2) is 9.97 Å². The lowest BCUT2D eigenvalue weighted by Gasteiger charge is -2.14. The van der Waals surface area contributed by atoms with Crippen molar-refractivity contribution in [2.45, 2.75) is 26.4 Å². The van der Waals surface area contributed by atoms with Gasteiger partial charge in [0.05, 0.1) is 30.3 Å². The third kappa shape index (κ3) is 3.10. The Morgan fingerprint density at radius 3 is 2.93 bits per heavy atom. The van der Waals surface area contributed by atoms with Crippen LogP contribution in [0.3, 0.4) is 0 Å². The van der Waals surface area contributed by atoms with Gasteiger partial charge in [-0.2, -0.15) is 0 Å². The molecule has 1 aliphatic heterocycles. The van der Waals surface area contributed by atoms with E-state index in [0.29, 0.717) is 34.7 Å². The number of benzene rings is 1. The monoisotopic (exact) mass is 364 g/mol. The van der Waals surface area contributed by atoms with Crippen molar-refractivity contribution in [3.63, 3.8) is 0 Å². The average molecular weight is 364 g/mol. The van der Waals surface area contributed by atoms with Gasteiger partial charge in [0, 0.05) is 18.5 Å². The average Bonchev–Trinajstić information content (AvgIpc) is 3.27. The number of aliphatic imine (C=N–C) groups is 1. The number of amides is 1. The predicted molar refractivity (Wildman–Crippen MR) is 104 cm³/mol. The standard InChI is InChI=1S/C19H20N6O2/c1-10(2)24-19(26)13-8-21-17-16(13)18(23-9-22-17)25-14-4-11-6-20-7-12(11)5-15(14)27-3/h4-6,8-10H,7H2,1-3H3,(H,24,26)(H2,21,22,23,25). The van der Waals surface area contributed by atoms with Gasteiger partial charge in [-0.05, 0) is 37.1 Å². The highest BCUT2D eigenvalue weighted by molar-refractivity contribution is 6.10. The topological polar surface area (TPSA) is 104 Å². The van der Waals surface area contributed by atoms with Crippen molar-refractivity contribution in [1.82, 2.24) is 20.3 Å². The number of carbonyl (C=O) groups excluding carboxylic acids is 1. The normalized spacial score (nSPS) is 12.4. The summed E-state index contributed by atoms with van der Waals surface area (Å²) in [6.07, 6.45) is 4.94. The largest absolute Gasteiger partial charge is 0.495 e. The Balaban J connectivity index is 1.78. The molecule has 0 bridgehead atoms. The number of aromatic nitrogens is 3. The summed E-state index contributed by atoms with van der Waals surface area (Å²) in [4.78, 5) is 28.5. The zero-order chi connectivity index (χ0) is 19.0. The van der Waals surface area contributed by atoms with Crippen molar-refractivity contribution >= 4 is 34.7 Å². The predicted octanol–water partition coefficient (Wildman–Crippen LogP) is 2.78. The van der Waals surface area contributed by atoms with Crippen molar-refractivity contribution in [3.8, 4) is 5.75 Å². The van der Waals surface area contributed by atoms with E-state index in [1.54, 1.807) is 13.3 Å². The van der Waals surface area contributed by atoms with Crippen LogP contribution >= 0.6 is 0 Å². The van der Waals surface area contributed by atoms with Crippen LogP contribution in [0.25, 0.3) is 11.0 Å². The Labute approximate surface area is 156 Å². The molecule has 0 aliphatic carbocycles. The molecule has 0 saturated carbocycles. The van der Waals surface area contributed by atoms with E-state index in [1.165, 1.54) is 6.33 Å². The number of fused-ring (bicyclic) bond motifs is 2. The lowest BCUT2D eigenvalue weighted by Crippen LogP contribution is -2.29. The molecule has 8 nitrogen and oxygen atoms in total. The Morgan fingerprint density at radius 1 is 1.30 bits per heavy atom. The van der Waals surface area contributed by atoms with Gasteiger partial charge in [0.2, 0.25) is 0 Å². The number of nitrogens with one attached hydrogen (secondary N) is 3. The number of anilines is 2. The molecule has 4 rings (SSSR count). The summed E-state index contributed by atoms with van der Waals surface area (Å²) in [7, 11) is 1.62. The van der Waals surface area contributed by atoms with E-state index in [4.69, 9.17) is 4.74 Å². The first-order chi connectivity index (χ1) is 13.1. The van der Waals surface area contributed by atoms with Gasteiger partial charge in [-0.1, -0.05) is 0 Å². The summed E-state index contributed by atoms with van der Waals surface area (Å²) in [5.74, 6) is 1.04. The van der Waals surface area contributed by atoms with Crippen LogP contribution in [0.2, 0.25) is 0 Å². The number of hydrogen-bond donors (Lipinski definition) is 3. The Morgan fingerprint density at radius 2 is 2.15 bits per heavy atom. The molecule has 3 N–H and O–H groups in total. The number of hydrogen-bond acceptors (Lipinski definition) is 6. The highest BCUT2D eigenvalue weighted by atomic mass is 16.5. The number of rotatable bonds is 5. The van der Waals surface area contributed by atoms with Gasteiger partial charge in [-0.3, -0.25) is 9.79 Å². The molecule has 2 aromatic heterocycles. The van der Waals surface area contributed by atoms with E-state index in [9.17, 15) is 4.79 Å². The van der Waals surface area contributed by atoms with Crippen LogP contribution in [-0.2, 0) is 6.54 Å².